The predicted octanol–water partition coefficient (Wildman–Crippen LogP) is 2.04. The molecule has 1 N–H and O–H groups in total. The predicted molar refractivity (Wildman–Crippen MR) is 75.8 cm³/mol. The molecule has 1 fully saturated rings. The zero-order valence-corrected chi connectivity index (χ0v) is 12.4. The minimum absolute atomic E-state index is 0.0778. The summed E-state index contributed by atoms with van der Waals surface area (Å²) in [5, 5.41) is 6.90. The Morgan fingerprint density at radius 1 is 1.38 bits per heavy atom. The lowest BCUT2D eigenvalue weighted by Gasteiger charge is -2.17. The molecule has 2 aromatic rings. The van der Waals surface area contributed by atoms with Crippen molar-refractivity contribution in [3.8, 4) is 0 Å². The van der Waals surface area contributed by atoms with Crippen LogP contribution in [-0.4, -0.2) is 36.0 Å². The maximum atomic E-state index is 13.8. The van der Waals surface area contributed by atoms with Crippen molar-refractivity contribution in [1.29, 1.82) is 0 Å². The molecular weight excluding hydrogens is 293 g/mol. The molecule has 1 aliphatic rings. The van der Waals surface area contributed by atoms with E-state index in [1.165, 1.54) is 28.6 Å². The van der Waals surface area contributed by atoms with Gasteiger partial charge in [0.25, 0.3) is 0 Å². The molecule has 21 heavy (non-hydrogen) atoms. The molecule has 0 saturated carbocycles. The van der Waals surface area contributed by atoms with Gasteiger partial charge in [-0.1, -0.05) is 12.1 Å². The highest BCUT2D eigenvalue weighted by molar-refractivity contribution is 7.89. The van der Waals surface area contributed by atoms with Crippen molar-refractivity contribution in [1.82, 2.24) is 14.5 Å². The standard InChI is InChI=1S/C14H16FN3O2S/c1-10-8-16-17-14(10)11-6-7-18(9-11)21(19,20)13-5-3-2-4-12(13)15/h2-5,8,11H,6-7,9H2,1H3,(H,16,17)/t11-/m0/s1. The topological polar surface area (TPSA) is 66.1 Å². The normalized spacial score (nSPS) is 20.0. The van der Waals surface area contributed by atoms with Crippen molar-refractivity contribution in [2.75, 3.05) is 13.1 Å². The lowest BCUT2D eigenvalue weighted by atomic mass is 10.0. The van der Waals surface area contributed by atoms with Crippen LogP contribution in [-0.2, 0) is 10.0 Å². The summed E-state index contributed by atoms with van der Waals surface area (Å²) in [6.45, 7) is 2.67. The van der Waals surface area contributed by atoms with Gasteiger partial charge in [0.15, 0.2) is 0 Å². The van der Waals surface area contributed by atoms with Crippen LogP contribution in [0.1, 0.15) is 23.6 Å². The second-order valence-electron chi connectivity index (χ2n) is 5.25. The third-order valence-corrected chi connectivity index (χ3v) is 5.78. The Labute approximate surface area is 122 Å². The Kier molecular flexibility index (Phi) is 3.54. The molecule has 1 atom stereocenters. The summed E-state index contributed by atoms with van der Waals surface area (Å²) >= 11 is 0. The molecule has 1 aromatic carbocycles. The third kappa shape index (κ3) is 2.47. The van der Waals surface area contributed by atoms with Crippen molar-refractivity contribution in [3.63, 3.8) is 0 Å². The Balaban J connectivity index is 1.86. The molecule has 0 unspecified atom stereocenters. The van der Waals surface area contributed by atoms with Gasteiger partial charge in [-0.2, -0.15) is 9.40 Å². The molecule has 0 aliphatic carbocycles. The van der Waals surface area contributed by atoms with Crippen LogP contribution in [0, 0.1) is 12.7 Å². The molecule has 5 nitrogen and oxygen atoms in total. The zero-order chi connectivity index (χ0) is 15.0. The molecule has 0 spiro atoms. The molecule has 0 bridgehead atoms. The van der Waals surface area contributed by atoms with E-state index in [1.54, 1.807) is 6.20 Å². The molecular formula is C14H16FN3O2S. The molecule has 3 rings (SSSR count). The molecule has 0 amide bonds. The second-order valence-corrected chi connectivity index (χ2v) is 7.15. The Morgan fingerprint density at radius 2 is 2.14 bits per heavy atom. The number of aromatic amines is 1. The van der Waals surface area contributed by atoms with Gasteiger partial charge >= 0.3 is 0 Å². The van der Waals surface area contributed by atoms with Crippen LogP contribution >= 0.6 is 0 Å². The number of hydrogen-bond acceptors (Lipinski definition) is 3. The lowest BCUT2D eigenvalue weighted by molar-refractivity contribution is 0.464. The smallest absolute Gasteiger partial charge is 0.246 e. The SMILES string of the molecule is Cc1cn[nH]c1[C@H]1CCN(S(=O)(=O)c2ccccc2F)C1. The van der Waals surface area contributed by atoms with Gasteiger partial charge in [-0.05, 0) is 31.0 Å². The van der Waals surface area contributed by atoms with E-state index in [4.69, 9.17) is 0 Å². The minimum Gasteiger partial charge on any atom is -0.282 e. The summed E-state index contributed by atoms with van der Waals surface area (Å²) in [7, 11) is -3.78. The summed E-state index contributed by atoms with van der Waals surface area (Å²) in [6.07, 6.45) is 2.43. The monoisotopic (exact) mass is 309 g/mol. The van der Waals surface area contributed by atoms with Crippen molar-refractivity contribution in [2.24, 2.45) is 0 Å². The first-order valence-corrected chi connectivity index (χ1v) is 8.18. The maximum Gasteiger partial charge on any atom is 0.246 e. The summed E-state index contributed by atoms with van der Waals surface area (Å²) < 4.78 is 40.1. The van der Waals surface area contributed by atoms with Crippen LogP contribution in [0.4, 0.5) is 4.39 Å². The van der Waals surface area contributed by atoms with Crippen LogP contribution < -0.4 is 0 Å². The van der Waals surface area contributed by atoms with Crippen molar-refractivity contribution < 1.29 is 12.8 Å². The van der Waals surface area contributed by atoms with Crippen LogP contribution in [0.25, 0.3) is 0 Å². The Bertz CT molecular complexity index is 757. The van der Waals surface area contributed by atoms with Gasteiger partial charge in [0.05, 0.1) is 6.20 Å². The highest BCUT2D eigenvalue weighted by Crippen LogP contribution is 2.31. The number of sulfonamides is 1. The van der Waals surface area contributed by atoms with Gasteiger partial charge < -0.3 is 0 Å². The quantitative estimate of drug-likeness (QED) is 0.943. The van der Waals surface area contributed by atoms with Crippen LogP contribution in [0.3, 0.4) is 0 Å². The number of aryl methyl sites for hydroxylation is 1. The van der Waals surface area contributed by atoms with Gasteiger partial charge in [-0.15, -0.1) is 0 Å². The van der Waals surface area contributed by atoms with Gasteiger partial charge in [-0.25, -0.2) is 12.8 Å². The number of benzene rings is 1. The number of rotatable bonds is 3. The van der Waals surface area contributed by atoms with Crippen molar-refractivity contribution >= 4 is 10.0 Å². The highest BCUT2D eigenvalue weighted by atomic mass is 32.2. The third-order valence-electron chi connectivity index (χ3n) is 3.88. The Morgan fingerprint density at radius 3 is 2.81 bits per heavy atom. The Hall–Kier alpha value is -1.73. The van der Waals surface area contributed by atoms with E-state index in [-0.39, 0.29) is 10.8 Å². The first-order valence-electron chi connectivity index (χ1n) is 6.74. The number of halogens is 1. The fourth-order valence-electron chi connectivity index (χ4n) is 2.74. The van der Waals surface area contributed by atoms with Gasteiger partial charge in [0.1, 0.15) is 10.7 Å². The molecule has 2 heterocycles. The highest BCUT2D eigenvalue weighted by Gasteiger charge is 2.35. The summed E-state index contributed by atoms with van der Waals surface area (Å²) in [5.74, 6) is -0.632. The van der Waals surface area contributed by atoms with E-state index >= 15 is 0 Å². The maximum absolute atomic E-state index is 13.8. The molecule has 0 radical (unpaired) electrons. The van der Waals surface area contributed by atoms with Gasteiger partial charge in [0.2, 0.25) is 10.0 Å². The summed E-state index contributed by atoms with van der Waals surface area (Å²) in [4.78, 5) is -0.257. The van der Waals surface area contributed by atoms with E-state index in [2.05, 4.69) is 10.2 Å². The lowest BCUT2D eigenvalue weighted by Crippen LogP contribution is -2.29. The number of nitrogens with zero attached hydrogens (tertiary/aromatic N) is 2. The molecule has 1 aromatic heterocycles. The molecule has 112 valence electrons. The number of H-pyrrole nitrogens is 1. The average molecular weight is 309 g/mol. The summed E-state index contributed by atoms with van der Waals surface area (Å²) in [6, 6.07) is 5.48. The fraction of sp³-hybridized carbons (Fsp3) is 0.357. The van der Waals surface area contributed by atoms with E-state index in [1.807, 2.05) is 6.92 Å². The van der Waals surface area contributed by atoms with Crippen LogP contribution in [0.5, 0.6) is 0 Å². The molecule has 7 heteroatoms. The van der Waals surface area contributed by atoms with Gasteiger partial charge in [0, 0.05) is 24.7 Å². The largest absolute Gasteiger partial charge is 0.282 e. The van der Waals surface area contributed by atoms with E-state index in [9.17, 15) is 12.8 Å². The van der Waals surface area contributed by atoms with Gasteiger partial charge in [-0.3, -0.25) is 5.10 Å². The number of nitrogens with one attached hydrogen (secondary N) is 1. The first kappa shape index (κ1) is 14.2. The fourth-order valence-corrected chi connectivity index (χ4v) is 4.31. The minimum atomic E-state index is -3.78. The van der Waals surface area contributed by atoms with E-state index in [0.717, 1.165) is 11.3 Å². The van der Waals surface area contributed by atoms with E-state index in [0.29, 0.717) is 19.5 Å². The average Bonchev–Trinajstić information content (AvgIpc) is 3.07. The summed E-state index contributed by atoms with van der Waals surface area (Å²) in [5.41, 5.74) is 1.98. The van der Waals surface area contributed by atoms with Crippen molar-refractivity contribution in [3.05, 3.63) is 47.5 Å². The molecule has 1 aliphatic heterocycles. The van der Waals surface area contributed by atoms with E-state index < -0.39 is 15.8 Å². The second kappa shape index (κ2) is 5.23. The van der Waals surface area contributed by atoms with Crippen LogP contribution in [0.2, 0.25) is 0 Å². The number of hydrogen-bond donors (Lipinski definition) is 1. The number of aromatic nitrogens is 2. The van der Waals surface area contributed by atoms with Crippen molar-refractivity contribution in [2.45, 2.75) is 24.2 Å². The van der Waals surface area contributed by atoms with Crippen LogP contribution in [0.15, 0.2) is 35.4 Å². The molecule has 1 saturated heterocycles. The zero-order valence-electron chi connectivity index (χ0n) is 11.6. The first-order chi connectivity index (χ1) is 10.00.